The van der Waals surface area contributed by atoms with Crippen LogP contribution in [0.2, 0.25) is 0 Å². The third-order valence-corrected chi connectivity index (χ3v) is 2.54. The lowest BCUT2D eigenvalue weighted by molar-refractivity contribution is -0.128. The van der Waals surface area contributed by atoms with Crippen LogP contribution in [0.25, 0.3) is 0 Å². The minimum absolute atomic E-state index is 0.0868. The summed E-state index contributed by atoms with van der Waals surface area (Å²) in [5.74, 6) is -0.838. The maximum atomic E-state index is 11.3. The van der Waals surface area contributed by atoms with Crippen molar-refractivity contribution in [3.8, 4) is 0 Å². The number of nitrogens with one attached hydrogen (secondary N) is 1. The number of carboxylic acid groups (broad SMARTS) is 1. The molecular weight excluding hydrogens is 232 g/mol. The molecule has 0 aromatic heterocycles. The molecule has 0 aliphatic carbocycles. The molecule has 0 atom stereocenters. The van der Waals surface area contributed by atoms with E-state index in [4.69, 9.17) is 5.11 Å². The summed E-state index contributed by atoms with van der Waals surface area (Å²) in [7, 11) is 3.46. The summed E-state index contributed by atoms with van der Waals surface area (Å²) in [5, 5.41) is 11.9. The number of carboxylic acids is 1. The van der Waals surface area contributed by atoms with E-state index in [0.717, 1.165) is 5.56 Å². The fourth-order valence-corrected chi connectivity index (χ4v) is 1.42. The highest BCUT2D eigenvalue weighted by atomic mass is 16.4. The highest BCUT2D eigenvalue weighted by Crippen LogP contribution is 2.04. The highest BCUT2D eigenvalue weighted by molar-refractivity contribution is 5.87. The summed E-state index contributed by atoms with van der Waals surface area (Å²) in [4.78, 5) is 23.5. The Morgan fingerprint density at radius 1 is 1.22 bits per heavy atom. The molecule has 0 aliphatic rings. The predicted octanol–water partition coefficient (Wildman–Crippen LogP) is 0.953. The summed E-state index contributed by atoms with van der Waals surface area (Å²) in [6.07, 6.45) is 0.459. The van der Waals surface area contributed by atoms with Gasteiger partial charge in [-0.25, -0.2) is 4.79 Å². The van der Waals surface area contributed by atoms with E-state index in [1.54, 1.807) is 43.3 Å². The van der Waals surface area contributed by atoms with E-state index in [0.29, 0.717) is 19.5 Å². The zero-order chi connectivity index (χ0) is 13.5. The van der Waals surface area contributed by atoms with E-state index in [1.165, 1.54) is 0 Å². The number of benzene rings is 1. The smallest absolute Gasteiger partial charge is 0.335 e. The van der Waals surface area contributed by atoms with Crippen LogP contribution >= 0.6 is 0 Å². The first kappa shape index (κ1) is 14.2. The van der Waals surface area contributed by atoms with E-state index in [1.807, 2.05) is 0 Å². The molecule has 18 heavy (non-hydrogen) atoms. The molecule has 5 nitrogen and oxygen atoms in total. The number of amides is 1. The van der Waals surface area contributed by atoms with Crippen molar-refractivity contribution in [2.24, 2.45) is 0 Å². The van der Waals surface area contributed by atoms with Gasteiger partial charge in [-0.1, -0.05) is 12.1 Å². The summed E-state index contributed by atoms with van der Waals surface area (Å²) >= 11 is 0. The third-order valence-electron chi connectivity index (χ3n) is 2.54. The number of aromatic carboxylic acids is 1. The molecule has 0 bridgehead atoms. The maximum absolute atomic E-state index is 11.3. The van der Waals surface area contributed by atoms with Crippen molar-refractivity contribution >= 4 is 11.9 Å². The van der Waals surface area contributed by atoms with Gasteiger partial charge in [-0.3, -0.25) is 4.79 Å². The zero-order valence-electron chi connectivity index (χ0n) is 10.6. The highest BCUT2D eigenvalue weighted by Gasteiger charge is 2.03. The summed E-state index contributed by atoms with van der Waals surface area (Å²) in [6.45, 7) is 1.23. The van der Waals surface area contributed by atoms with Crippen molar-refractivity contribution in [3.63, 3.8) is 0 Å². The van der Waals surface area contributed by atoms with Gasteiger partial charge in [-0.05, 0) is 17.7 Å². The molecule has 1 aromatic carbocycles. The molecule has 2 N–H and O–H groups in total. The molecule has 0 saturated heterocycles. The maximum Gasteiger partial charge on any atom is 0.335 e. The number of carbonyl (C=O) groups is 2. The van der Waals surface area contributed by atoms with Crippen LogP contribution in [0.4, 0.5) is 0 Å². The molecule has 0 radical (unpaired) electrons. The van der Waals surface area contributed by atoms with Crippen LogP contribution in [0, 0.1) is 0 Å². The second-order valence-electron chi connectivity index (χ2n) is 4.22. The van der Waals surface area contributed by atoms with Gasteiger partial charge >= 0.3 is 5.97 Å². The number of hydrogen-bond acceptors (Lipinski definition) is 3. The molecule has 0 fully saturated rings. The fraction of sp³-hybridized carbons (Fsp3) is 0.385. The van der Waals surface area contributed by atoms with Crippen molar-refractivity contribution in [2.45, 2.75) is 13.0 Å². The minimum Gasteiger partial charge on any atom is -0.478 e. The van der Waals surface area contributed by atoms with Gasteiger partial charge in [0.1, 0.15) is 0 Å². The average molecular weight is 250 g/mol. The predicted molar refractivity (Wildman–Crippen MR) is 68.4 cm³/mol. The Hall–Kier alpha value is -1.88. The molecule has 0 heterocycles. The SMILES string of the molecule is CN(C)C(=O)CCNCc1ccc(C(=O)O)cc1. The van der Waals surface area contributed by atoms with Crippen LogP contribution in [-0.4, -0.2) is 42.5 Å². The Kier molecular flexibility index (Phi) is 5.32. The monoisotopic (exact) mass is 250 g/mol. The van der Waals surface area contributed by atoms with Crippen LogP contribution in [-0.2, 0) is 11.3 Å². The largest absolute Gasteiger partial charge is 0.478 e. The first-order chi connectivity index (χ1) is 8.50. The standard InChI is InChI=1S/C13H18N2O3/c1-15(2)12(16)7-8-14-9-10-3-5-11(6-4-10)13(17)18/h3-6,14H,7-9H2,1-2H3,(H,17,18). The lowest BCUT2D eigenvalue weighted by Gasteiger charge is -2.10. The molecular formula is C13H18N2O3. The van der Waals surface area contributed by atoms with Crippen molar-refractivity contribution in [3.05, 3.63) is 35.4 Å². The molecule has 1 aromatic rings. The first-order valence-corrected chi connectivity index (χ1v) is 5.74. The van der Waals surface area contributed by atoms with E-state index < -0.39 is 5.97 Å². The lowest BCUT2D eigenvalue weighted by atomic mass is 10.1. The molecule has 5 heteroatoms. The van der Waals surface area contributed by atoms with E-state index in [2.05, 4.69) is 5.32 Å². The molecule has 0 spiro atoms. The van der Waals surface area contributed by atoms with Gasteiger partial charge in [0.2, 0.25) is 5.91 Å². The van der Waals surface area contributed by atoms with Crippen molar-refractivity contribution in [1.29, 1.82) is 0 Å². The normalized spacial score (nSPS) is 10.1. The van der Waals surface area contributed by atoms with Crippen molar-refractivity contribution < 1.29 is 14.7 Å². The van der Waals surface area contributed by atoms with Crippen LogP contribution < -0.4 is 5.32 Å². The van der Waals surface area contributed by atoms with Crippen LogP contribution in [0.3, 0.4) is 0 Å². The van der Waals surface area contributed by atoms with Gasteiger partial charge in [0.05, 0.1) is 5.56 Å². The second-order valence-corrected chi connectivity index (χ2v) is 4.22. The number of carbonyl (C=O) groups excluding carboxylic acids is 1. The van der Waals surface area contributed by atoms with E-state index >= 15 is 0 Å². The zero-order valence-corrected chi connectivity index (χ0v) is 10.6. The Morgan fingerprint density at radius 3 is 2.33 bits per heavy atom. The summed E-state index contributed by atoms with van der Waals surface area (Å²) < 4.78 is 0. The molecule has 0 saturated carbocycles. The van der Waals surface area contributed by atoms with Crippen molar-refractivity contribution in [2.75, 3.05) is 20.6 Å². The Balaban J connectivity index is 2.31. The number of rotatable bonds is 6. The molecule has 0 aliphatic heterocycles. The van der Waals surface area contributed by atoms with Crippen LogP contribution in [0.15, 0.2) is 24.3 Å². The minimum atomic E-state index is -0.925. The molecule has 0 unspecified atom stereocenters. The van der Waals surface area contributed by atoms with Crippen LogP contribution in [0.1, 0.15) is 22.3 Å². The molecule has 1 rings (SSSR count). The second kappa shape index (κ2) is 6.76. The quantitative estimate of drug-likeness (QED) is 0.738. The van der Waals surface area contributed by atoms with Gasteiger partial charge in [-0.2, -0.15) is 0 Å². The van der Waals surface area contributed by atoms with Crippen molar-refractivity contribution in [1.82, 2.24) is 10.2 Å². The Morgan fingerprint density at radius 2 is 1.83 bits per heavy atom. The fourth-order valence-electron chi connectivity index (χ4n) is 1.42. The van der Waals surface area contributed by atoms with E-state index in [9.17, 15) is 9.59 Å². The summed E-state index contributed by atoms with van der Waals surface area (Å²) in [5.41, 5.74) is 1.28. The Labute approximate surface area is 106 Å². The van der Waals surface area contributed by atoms with Gasteiger partial charge in [0.25, 0.3) is 0 Å². The summed E-state index contributed by atoms with van der Waals surface area (Å²) in [6, 6.07) is 6.68. The molecule has 1 amide bonds. The van der Waals surface area contributed by atoms with Gasteiger partial charge in [0, 0.05) is 33.6 Å². The topological polar surface area (TPSA) is 69.6 Å². The molecule has 98 valence electrons. The lowest BCUT2D eigenvalue weighted by Crippen LogP contribution is -2.26. The van der Waals surface area contributed by atoms with Crippen LogP contribution in [0.5, 0.6) is 0 Å². The average Bonchev–Trinajstić information content (AvgIpc) is 2.34. The first-order valence-electron chi connectivity index (χ1n) is 5.74. The Bertz CT molecular complexity index is 413. The van der Waals surface area contributed by atoms with Gasteiger partial charge < -0.3 is 15.3 Å². The third kappa shape index (κ3) is 4.55. The number of nitrogens with zero attached hydrogens (tertiary/aromatic N) is 1. The van der Waals surface area contributed by atoms with Gasteiger partial charge in [0.15, 0.2) is 0 Å². The van der Waals surface area contributed by atoms with Gasteiger partial charge in [-0.15, -0.1) is 0 Å². The number of hydrogen-bond donors (Lipinski definition) is 2. The van der Waals surface area contributed by atoms with E-state index in [-0.39, 0.29) is 11.5 Å².